The van der Waals surface area contributed by atoms with Crippen molar-refractivity contribution in [2.45, 2.75) is 19.1 Å². The summed E-state index contributed by atoms with van der Waals surface area (Å²) in [4.78, 5) is 12.2. The molecule has 2 rings (SSSR count). The molecule has 0 aliphatic heterocycles. The first-order valence-electron chi connectivity index (χ1n) is 5.28. The molecule has 0 bridgehead atoms. The highest BCUT2D eigenvalue weighted by atomic mass is 32.2. The maximum atomic E-state index is 5.68. The van der Waals surface area contributed by atoms with Gasteiger partial charge >= 0.3 is 0 Å². The SMILES string of the molecule is CCCSCc1noc(-c2nccnc2N)n1. The van der Waals surface area contributed by atoms with Crippen LogP contribution in [0.4, 0.5) is 5.82 Å². The lowest BCUT2D eigenvalue weighted by atomic mass is 10.4. The van der Waals surface area contributed by atoms with Crippen molar-refractivity contribution in [1.29, 1.82) is 0 Å². The van der Waals surface area contributed by atoms with Crippen molar-refractivity contribution < 1.29 is 4.52 Å². The average Bonchev–Trinajstić information content (AvgIpc) is 2.79. The van der Waals surface area contributed by atoms with E-state index < -0.39 is 0 Å². The first-order valence-corrected chi connectivity index (χ1v) is 6.44. The van der Waals surface area contributed by atoms with Crippen molar-refractivity contribution in [2.24, 2.45) is 0 Å². The summed E-state index contributed by atoms with van der Waals surface area (Å²) < 4.78 is 5.11. The fourth-order valence-electron chi connectivity index (χ4n) is 1.23. The number of hydrogen-bond donors (Lipinski definition) is 1. The lowest BCUT2D eigenvalue weighted by Gasteiger charge is -1.95. The highest BCUT2D eigenvalue weighted by Crippen LogP contribution is 2.20. The maximum Gasteiger partial charge on any atom is 0.280 e. The zero-order chi connectivity index (χ0) is 12.1. The molecule has 0 aliphatic rings. The molecule has 6 nitrogen and oxygen atoms in total. The number of anilines is 1. The summed E-state index contributed by atoms with van der Waals surface area (Å²) in [6.45, 7) is 2.13. The van der Waals surface area contributed by atoms with E-state index in [2.05, 4.69) is 27.0 Å². The quantitative estimate of drug-likeness (QED) is 0.809. The topological polar surface area (TPSA) is 90.7 Å². The van der Waals surface area contributed by atoms with Crippen LogP contribution >= 0.6 is 11.8 Å². The van der Waals surface area contributed by atoms with Gasteiger partial charge in [-0.2, -0.15) is 16.7 Å². The van der Waals surface area contributed by atoms with E-state index in [4.69, 9.17) is 10.3 Å². The minimum atomic E-state index is 0.295. The second-order valence-corrected chi connectivity index (χ2v) is 4.46. The second-order valence-electron chi connectivity index (χ2n) is 3.36. The van der Waals surface area contributed by atoms with E-state index in [-0.39, 0.29) is 0 Å². The first kappa shape index (κ1) is 11.8. The monoisotopic (exact) mass is 251 g/mol. The van der Waals surface area contributed by atoms with E-state index in [0.29, 0.717) is 23.2 Å². The Bertz CT molecular complexity index is 487. The molecule has 2 aromatic rings. The molecule has 2 N–H and O–H groups in total. The molecule has 7 heteroatoms. The van der Waals surface area contributed by atoms with Gasteiger partial charge in [0.05, 0.1) is 5.75 Å². The Morgan fingerprint density at radius 2 is 2.18 bits per heavy atom. The molecule has 2 heterocycles. The molecular weight excluding hydrogens is 238 g/mol. The molecule has 0 spiro atoms. The molecule has 0 atom stereocenters. The zero-order valence-electron chi connectivity index (χ0n) is 9.46. The number of hydrogen-bond acceptors (Lipinski definition) is 7. The summed E-state index contributed by atoms with van der Waals surface area (Å²) >= 11 is 1.77. The molecule has 0 amide bonds. The maximum absolute atomic E-state index is 5.68. The van der Waals surface area contributed by atoms with Crippen LogP contribution in [0, 0.1) is 0 Å². The van der Waals surface area contributed by atoms with Gasteiger partial charge in [0.1, 0.15) is 0 Å². The van der Waals surface area contributed by atoms with Crippen molar-refractivity contribution >= 4 is 17.6 Å². The summed E-state index contributed by atoms with van der Waals surface area (Å²) in [6, 6.07) is 0. The third-order valence-electron chi connectivity index (χ3n) is 1.98. The second kappa shape index (κ2) is 5.62. The van der Waals surface area contributed by atoms with Crippen molar-refractivity contribution in [2.75, 3.05) is 11.5 Å². The summed E-state index contributed by atoms with van der Waals surface area (Å²) in [6.07, 6.45) is 4.20. The fraction of sp³-hybridized carbons (Fsp3) is 0.400. The van der Waals surface area contributed by atoms with E-state index in [0.717, 1.165) is 17.9 Å². The smallest absolute Gasteiger partial charge is 0.280 e. The minimum absolute atomic E-state index is 0.295. The number of nitrogens with zero attached hydrogens (tertiary/aromatic N) is 4. The van der Waals surface area contributed by atoms with Gasteiger partial charge in [0.25, 0.3) is 5.89 Å². The number of thioether (sulfide) groups is 1. The molecule has 2 aromatic heterocycles. The van der Waals surface area contributed by atoms with Crippen LogP contribution in [0.5, 0.6) is 0 Å². The van der Waals surface area contributed by atoms with Crippen LogP contribution in [0.15, 0.2) is 16.9 Å². The highest BCUT2D eigenvalue weighted by molar-refractivity contribution is 7.98. The lowest BCUT2D eigenvalue weighted by molar-refractivity contribution is 0.424. The van der Waals surface area contributed by atoms with Gasteiger partial charge < -0.3 is 10.3 Å². The largest absolute Gasteiger partial charge is 0.382 e. The normalized spacial score (nSPS) is 10.6. The molecular formula is C10H13N5OS. The van der Waals surface area contributed by atoms with Gasteiger partial charge in [-0.1, -0.05) is 12.1 Å². The zero-order valence-corrected chi connectivity index (χ0v) is 10.3. The molecule has 17 heavy (non-hydrogen) atoms. The number of aromatic nitrogens is 4. The molecule has 0 aromatic carbocycles. The first-order chi connectivity index (χ1) is 8.31. The Labute approximate surface area is 103 Å². The Hall–Kier alpha value is -1.63. The number of nitrogens with two attached hydrogens (primary N) is 1. The van der Waals surface area contributed by atoms with Crippen molar-refractivity contribution in [1.82, 2.24) is 20.1 Å². The summed E-state index contributed by atoms with van der Waals surface area (Å²) in [5.74, 6) is 3.09. The van der Waals surface area contributed by atoms with Crippen LogP contribution in [0.1, 0.15) is 19.2 Å². The van der Waals surface area contributed by atoms with E-state index in [1.165, 1.54) is 6.20 Å². The van der Waals surface area contributed by atoms with E-state index >= 15 is 0 Å². The van der Waals surface area contributed by atoms with Gasteiger partial charge in [0, 0.05) is 12.4 Å². The molecule has 0 radical (unpaired) electrons. The van der Waals surface area contributed by atoms with Crippen LogP contribution in [0.25, 0.3) is 11.6 Å². The molecule has 0 saturated heterocycles. The number of rotatable bonds is 5. The van der Waals surface area contributed by atoms with Crippen LogP contribution in [-0.4, -0.2) is 25.9 Å². The molecule has 0 aliphatic carbocycles. The predicted octanol–water partition coefficient (Wildman–Crippen LogP) is 1.75. The lowest BCUT2D eigenvalue weighted by Crippen LogP contribution is -1.96. The van der Waals surface area contributed by atoms with Crippen LogP contribution in [0.2, 0.25) is 0 Å². The third-order valence-corrected chi connectivity index (χ3v) is 3.14. The van der Waals surface area contributed by atoms with Gasteiger partial charge in [-0.3, -0.25) is 0 Å². The van der Waals surface area contributed by atoms with Crippen LogP contribution in [-0.2, 0) is 5.75 Å². The van der Waals surface area contributed by atoms with Crippen molar-refractivity contribution in [3.63, 3.8) is 0 Å². The van der Waals surface area contributed by atoms with E-state index in [9.17, 15) is 0 Å². The Kier molecular flexibility index (Phi) is 3.92. The van der Waals surface area contributed by atoms with E-state index in [1.54, 1.807) is 18.0 Å². The predicted molar refractivity (Wildman–Crippen MR) is 66.2 cm³/mol. The van der Waals surface area contributed by atoms with Crippen LogP contribution < -0.4 is 5.73 Å². The van der Waals surface area contributed by atoms with Gasteiger partial charge in [0.2, 0.25) is 0 Å². The van der Waals surface area contributed by atoms with E-state index in [1.807, 2.05) is 0 Å². The fourth-order valence-corrected chi connectivity index (χ4v) is 1.96. The molecule has 0 saturated carbocycles. The van der Waals surface area contributed by atoms with Gasteiger partial charge in [0.15, 0.2) is 17.3 Å². The third kappa shape index (κ3) is 2.94. The Morgan fingerprint density at radius 1 is 1.35 bits per heavy atom. The Balaban J connectivity index is 2.10. The van der Waals surface area contributed by atoms with Gasteiger partial charge in [-0.15, -0.1) is 0 Å². The minimum Gasteiger partial charge on any atom is -0.382 e. The molecule has 0 fully saturated rings. The summed E-state index contributed by atoms with van der Waals surface area (Å²) in [5.41, 5.74) is 6.11. The summed E-state index contributed by atoms with van der Waals surface area (Å²) in [5, 5.41) is 3.88. The summed E-state index contributed by atoms with van der Waals surface area (Å²) in [7, 11) is 0. The standard InChI is InChI=1S/C10H13N5OS/c1-2-5-17-6-7-14-10(16-15-7)8-9(11)13-4-3-12-8/h3-4H,2,5-6H2,1H3,(H2,11,13). The highest BCUT2D eigenvalue weighted by Gasteiger charge is 2.13. The van der Waals surface area contributed by atoms with Crippen LogP contribution in [0.3, 0.4) is 0 Å². The van der Waals surface area contributed by atoms with Crippen molar-refractivity contribution in [3.05, 3.63) is 18.2 Å². The molecule has 0 unspecified atom stereocenters. The Morgan fingerprint density at radius 3 is 2.94 bits per heavy atom. The van der Waals surface area contributed by atoms with Gasteiger partial charge in [-0.25, -0.2) is 9.97 Å². The average molecular weight is 251 g/mol. The van der Waals surface area contributed by atoms with Crippen molar-refractivity contribution in [3.8, 4) is 11.6 Å². The van der Waals surface area contributed by atoms with Gasteiger partial charge in [-0.05, 0) is 12.2 Å². The molecule has 90 valence electrons. The number of nitrogen functional groups attached to an aromatic ring is 1.